The van der Waals surface area contributed by atoms with Crippen LogP contribution < -0.4 is 0 Å². The molecule has 17 heavy (non-hydrogen) atoms. The number of non-ortho nitro benzene ring substituents is 1. The number of aliphatic hydroxyl groups excluding tert-OH is 1. The van der Waals surface area contributed by atoms with Crippen LogP contribution in [0.25, 0.3) is 0 Å². The number of carbonyl (C=O) groups excluding carboxylic acids is 1. The highest BCUT2D eigenvalue weighted by Crippen LogP contribution is 2.26. The van der Waals surface area contributed by atoms with Crippen LogP contribution in [-0.2, 0) is 4.79 Å². The fourth-order valence-electron chi connectivity index (χ4n) is 1.24. The Hall–Kier alpha value is -2.35. The van der Waals surface area contributed by atoms with Crippen molar-refractivity contribution in [2.45, 2.75) is 6.10 Å². The van der Waals surface area contributed by atoms with Crippen LogP contribution in [0.3, 0.4) is 0 Å². The summed E-state index contributed by atoms with van der Waals surface area (Å²) in [6.45, 7) is 0. The molecule has 1 aromatic rings. The van der Waals surface area contributed by atoms with Crippen LogP contribution in [0.1, 0.15) is 22.0 Å². The number of nitro groups is 1. The minimum Gasteiger partial charge on any atom is -0.479 e. The predicted molar refractivity (Wildman–Crippen MR) is 51.0 cm³/mol. The molecule has 7 nitrogen and oxygen atoms in total. The molecule has 0 aliphatic heterocycles. The molecular formula is C9H6FNO6. The third kappa shape index (κ3) is 2.42. The number of hydrogen-bond acceptors (Lipinski definition) is 5. The molecule has 1 unspecified atom stereocenters. The number of hydrogen-bond donors (Lipinski definition) is 2. The molecular weight excluding hydrogens is 237 g/mol. The highest BCUT2D eigenvalue weighted by atomic mass is 19.1. The van der Waals surface area contributed by atoms with Gasteiger partial charge in [0.25, 0.3) is 5.69 Å². The van der Waals surface area contributed by atoms with Crippen molar-refractivity contribution in [1.29, 1.82) is 0 Å². The Morgan fingerprint density at radius 3 is 2.53 bits per heavy atom. The van der Waals surface area contributed by atoms with Gasteiger partial charge >= 0.3 is 5.97 Å². The van der Waals surface area contributed by atoms with E-state index >= 15 is 0 Å². The van der Waals surface area contributed by atoms with Gasteiger partial charge in [-0.05, 0) is 0 Å². The van der Waals surface area contributed by atoms with Crippen LogP contribution in [0.2, 0.25) is 0 Å². The van der Waals surface area contributed by atoms with Crippen molar-refractivity contribution < 1.29 is 29.1 Å². The van der Waals surface area contributed by atoms with Crippen molar-refractivity contribution in [3.8, 4) is 0 Å². The zero-order chi connectivity index (χ0) is 13.2. The molecule has 0 aliphatic rings. The van der Waals surface area contributed by atoms with E-state index in [1.807, 2.05) is 0 Å². The standard InChI is InChI=1S/C9H6FNO6/c10-6-2-5(11(16)17)1-4(3-12)7(6)8(13)9(14)15/h1-3,8,13H,(H,14,15). The molecule has 0 bridgehead atoms. The predicted octanol–water partition coefficient (Wildman–Crippen LogP) is 0.664. The van der Waals surface area contributed by atoms with Gasteiger partial charge in [-0.2, -0.15) is 0 Å². The number of carboxylic acids is 1. The summed E-state index contributed by atoms with van der Waals surface area (Å²) in [4.78, 5) is 30.5. The van der Waals surface area contributed by atoms with Crippen LogP contribution in [0.4, 0.5) is 10.1 Å². The smallest absolute Gasteiger partial charge is 0.337 e. The van der Waals surface area contributed by atoms with E-state index in [1.54, 1.807) is 0 Å². The Kier molecular flexibility index (Phi) is 3.49. The van der Waals surface area contributed by atoms with E-state index < -0.39 is 39.6 Å². The summed E-state index contributed by atoms with van der Waals surface area (Å²) in [5.74, 6) is -3.09. The van der Waals surface area contributed by atoms with Crippen molar-refractivity contribution in [1.82, 2.24) is 0 Å². The maximum absolute atomic E-state index is 13.4. The third-order valence-corrected chi connectivity index (χ3v) is 1.99. The minimum atomic E-state index is -2.25. The maximum atomic E-state index is 13.4. The second kappa shape index (κ2) is 4.66. The molecule has 1 atom stereocenters. The van der Waals surface area contributed by atoms with Gasteiger partial charge < -0.3 is 10.2 Å². The second-order valence-electron chi connectivity index (χ2n) is 3.05. The fourth-order valence-corrected chi connectivity index (χ4v) is 1.24. The van der Waals surface area contributed by atoms with E-state index in [4.69, 9.17) is 10.2 Å². The first kappa shape index (κ1) is 12.7. The summed E-state index contributed by atoms with van der Waals surface area (Å²) in [5.41, 5.74) is -2.07. The fraction of sp³-hybridized carbons (Fsp3) is 0.111. The highest BCUT2D eigenvalue weighted by Gasteiger charge is 2.26. The van der Waals surface area contributed by atoms with Gasteiger partial charge in [0.05, 0.1) is 11.0 Å². The average Bonchev–Trinajstić information content (AvgIpc) is 2.26. The number of benzene rings is 1. The van der Waals surface area contributed by atoms with Gasteiger partial charge in [0.2, 0.25) is 0 Å². The lowest BCUT2D eigenvalue weighted by Gasteiger charge is -2.09. The van der Waals surface area contributed by atoms with Crippen LogP contribution in [0.15, 0.2) is 12.1 Å². The number of rotatable bonds is 4. The maximum Gasteiger partial charge on any atom is 0.337 e. The third-order valence-electron chi connectivity index (χ3n) is 1.99. The molecule has 0 fully saturated rings. The van der Waals surface area contributed by atoms with E-state index in [0.717, 1.165) is 0 Å². The summed E-state index contributed by atoms with van der Waals surface area (Å²) in [5, 5.41) is 28.0. The molecule has 0 saturated heterocycles. The zero-order valence-corrected chi connectivity index (χ0v) is 8.16. The van der Waals surface area contributed by atoms with Crippen molar-refractivity contribution >= 4 is 17.9 Å². The number of carbonyl (C=O) groups is 2. The van der Waals surface area contributed by atoms with Gasteiger partial charge in [0, 0.05) is 17.2 Å². The van der Waals surface area contributed by atoms with Crippen molar-refractivity contribution in [3.05, 3.63) is 39.2 Å². The molecule has 1 rings (SSSR count). The Labute approximate surface area is 93.3 Å². The molecule has 0 radical (unpaired) electrons. The Balaban J connectivity index is 3.46. The molecule has 0 aliphatic carbocycles. The lowest BCUT2D eigenvalue weighted by Crippen LogP contribution is -2.15. The Morgan fingerprint density at radius 2 is 2.12 bits per heavy atom. The molecule has 8 heteroatoms. The molecule has 0 aromatic heterocycles. The first-order valence-corrected chi connectivity index (χ1v) is 4.22. The van der Waals surface area contributed by atoms with Gasteiger partial charge in [-0.1, -0.05) is 0 Å². The van der Waals surface area contributed by atoms with Crippen molar-refractivity contribution in [3.63, 3.8) is 0 Å². The largest absolute Gasteiger partial charge is 0.479 e. The molecule has 2 N–H and O–H groups in total. The second-order valence-corrected chi connectivity index (χ2v) is 3.05. The van der Waals surface area contributed by atoms with Gasteiger partial charge in [0.1, 0.15) is 5.82 Å². The SMILES string of the molecule is O=Cc1cc([N+](=O)[O-])cc(F)c1C(O)C(=O)O. The van der Waals surface area contributed by atoms with Crippen LogP contribution in [0, 0.1) is 15.9 Å². The number of nitrogens with zero attached hydrogens (tertiary/aromatic N) is 1. The molecule has 1 aromatic carbocycles. The number of aliphatic carboxylic acids is 1. The highest BCUT2D eigenvalue weighted by molar-refractivity contribution is 5.84. The minimum absolute atomic E-state index is 0.0393. The summed E-state index contributed by atoms with van der Waals surface area (Å²) in [7, 11) is 0. The van der Waals surface area contributed by atoms with E-state index in [0.29, 0.717) is 12.1 Å². The molecule has 0 saturated carbocycles. The summed E-state index contributed by atoms with van der Waals surface area (Å²) < 4.78 is 13.4. The van der Waals surface area contributed by atoms with E-state index in [-0.39, 0.29) is 6.29 Å². The number of aliphatic hydroxyl groups is 1. The average molecular weight is 243 g/mol. The number of carboxylic acid groups (broad SMARTS) is 1. The number of aldehydes is 1. The number of nitro benzene ring substituents is 1. The first-order chi connectivity index (χ1) is 7.88. The lowest BCUT2D eigenvalue weighted by atomic mass is 10.0. The Morgan fingerprint density at radius 1 is 1.53 bits per heavy atom. The van der Waals surface area contributed by atoms with Crippen LogP contribution >= 0.6 is 0 Å². The monoisotopic (exact) mass is 243 g/mol. The van der Waals surface area contributed by atoms with Gasteiger partial charge in [-0.15, -0.1) is 0 Å². The topological polar surface area (TPSA) is 118 Å². The zero-order valence-electron chi connectivity index (χ0n) is 8.16. The Bertz CT molecular complexity index is 501. The lowest BCUT2D eigenvalue weighted by molar-refractivity contribution is -0.385. The molecule has 90 valence electrons. The summed E-state index contributed by atoms with van der Waals surface area (Å²) in [6.07, 6.45) is -2.21. The molecule has 0 heterocycles. The van der Waals surface area contributed by atoms with E-state index in [9.17, 15) is 24.1 Å². The van der Waals surface area contributed by atoms with Gasteiger partial charge in [-0.3, -0.25) is 14.9 Å². The first-order valence-electron chi connectivity index (χ1n) is 4.22. The summed E-state index contributed by atoms with van der Waals surface area (Å²) in [6, 6.07) is 1.13. The normalized spacial score (nSPS) is 11.9. The quantitative estimate of drug-likeness (QED) is 0.455. The van der Waals surface area contributed by atoms with Gasteiger partial charge in [0.15, 0.2) is 12.4 Å². The van der Waals surface area contributed by atoms with Crippen molar-refractivity contribution in [2.24, 2.45) is 0 Å². The molecule has 0 amide bonds. The number of halogens is 1. The van der Waals surface area contributed by atoms with Crippen molar-refractivity contribution in [2.75, 3.05) is 0 Å². The van der Waals surface area contributed by atoms with E-state index in [2.05, 4.69) is 0 Å². The summed E-state index contributed by atoms with van der Waals surface area (Å²) >= 11 is 0. The van der Waals surface area contributed by atoms with Gasteiger partial charge in [-0.25, -0.2) is 9.18 Å². The molecule has 0 spiro atoms. The van der Waals surface area contributed by atoms with Crippen LogP contribution in [-0.4, -0.2) is 27.4 Å². The van der Waals surface area contributed by atoms with E-state index in [1.165, 1.54) is 0 Å². The van der Waals surface area contributed by atoms with Crippen LogP contribution in [0.5, 0.6) is 0 Å².